The van der Waals surface area contributed by atoms with Gasteiger partial charge in [0.2, 0.25) is 0 Å². The van der Waals surface area contributed by atoms with Crippen molar-refractivity contribution in [2.24, 2.45) is 0 Å². The topological polar surface area (TPSA) is 90.3 Å². The third-order valence-electron chi connectivity index (χ3n) is 4.26. The first kappa shape index (κ1) is 21.8. The number of aryl methyl sites for hydroxylation is 1. The average molecular weight is 427 g/mol. The fourth-order valence-corrected chi connectivity index (χ4v) is 2.76. The maximum atomic E-state index is 13.1. The van der Waals surface area contributed by atoms with E-state index < -0.39 is 30.1 Å². The van der Waals surface area contributed by atoms with E-state index in [-0.39, 0.29) is 24.2 Å². The van der Waals surface area contributed by atoms with Gasteiger partial charge in [0.1, 0.15) is 17.5 Å². The Labute approximate surface area is 176 Å². The smallest absolute Gasteiger partial charge is 0.306 e. The Hall–Kier alpha value is -3.88. The predicted molar refractivity (Wildman–Crippen MR) is 108 cm³/mol. The van der Waals surface area contributed by atoms with Crippen molar-refractivity contribution in [2.75, 3.05) is 11.9 Å². The van der Waals surface area contributed by atoms with Gasteiger partial charge in [0, 0.05) is 18.1 Å². The van der Waals surface area contributed by atoms with Crippen molar-refractivity contribution in [3.8, 4) is 5.69 Å². The van der Waals surface area contributed by atoms with E-state index in [0.717, 1.165) is 12.1 Å². The number of rotatable bonds is 8. The van der Waals surface area contributed by atoms with Gasteiger partial charge in [-0.25, -0.2) is 13.5 Å². The summed E-state index contributed by atoms with van der Waals surface area (Å²) >= 11 is 0. The third-order valence-corrected chi connectivity index (χ3v) is 4.26. The van der Waals surface area contributed by atoms with Crippen molar-refractivity contribution >= 4 is 23.5 Å². The van der Waals surface area contributed by atoms with E-state index in [0.29, 0.717) is 17.2 Å². The molecule has 1 aromatic heterocycles. The first-order valence-electron chi connectivity index (χ1n) is 9.38. The van der Waals surface area contributed by atoms with Gasteiger partial charge in [-0.2, -0.15) is 5.10 Å². The van der Waals surface area contributed by atoms with E-state index in [2.05, 4.69) is 10.4 Å². The van der Waals surface area contributed by atoms with E-state index in [1.807, 2.05) is 0 Å². The third kappa shape index (κ3) is 6.05. The summed E-state index contributed by atoms with van der Waals surface area (Å²) in [5.41, 5.74) is 1.45. The number of carbonyl (C=O) groups is 3. The summed E-state index contributed by atoms with van der Waals surface area (Å²) in [6, 6.07) is 12.2. The van der Waals surface area contributed by atoms with Gasteiger partial charge in [-0.3, -0.25) is 14.4 Å². The molecule has 0 radical (unpaired) electrons. The number of hydrogen-bond acceptors (Lipinski definition) is 5. The number of halogens is 2. The Kier molecular flexibility index (Phi) is 6.86. The number of Topliss-reactive ketones (excluding diaryl/α,β-unsaturated/α-hetero) is 1. The molecule has 0 bridgehead atoms. The monoisotopic (exact) mass is 427 g/mol. The Morgan fingerprint density at radius 3 is 2.23 bits per heavy atom. The van der Waals surface area contributed by atoms with Crippen LogP contribution >= 0.6 is 0 Å². The minimum absolute atomic E-state index is 0.122. The number of nitrogens with zero attached hydrogens (tertiary/aromatic N) is 2. The molecule has 7 nitrogen and oxygen atoms in total. The van der Waals surface area contributed by atoms with Gasteiger partial charge >= 0.3 is 5.97 Å². The van der Waals surface area contributed by atoms with Crippen LogP contribution in [0.2, 0.25) is 0 Å². The summed E-state index contributed by atoms with van der Waals surface area (Å²) in [6.45, 7) is 1.19. The molecule has 160 valence electrons. The lowest BCUT2D eigenvalue weighted by Gasteiger charge is -2.09. The number of esters is 1. The minimum Gasteiger partial charge on any atom is -0.456 e. The van der Waals surface area contributed by atoms with Crippen LogP contribution in [0.5, 0.6) is 0 Å². The van der Waals surface area contributed by atoms with Gasteiger partial charge in [0.05, 0.1) is 17.8 Å². The number of ketones is 1. The number of carbonyl (C=O) groups excluding carboxylic acids is 3. The van der Waals surface area contributed by atoms with E-state index >= 15 is 0 Å². The summed E-state index contributed by atoms with van der Waals surface area (Å²) in [5.74, 6) is -2.17. The highest BCUT2D eigenvalue weighted by Crippen LogP contribution is 2.17. The van der Waals surface area contributed by atoms with Crippen LogP contribution < -0.4 is 5.32 Å². The van der Waals surface area contributed by atoms with E-state index in [4.69, 9.17) is 4.74 Å². The molecule has 0 saturated carbocycles. The van der Waals surface area contributed by atoms with Crippen molar-refractivity contribution in [1.29, 1.82) is 0 Å². The second kappa shape index (κ2) is 9.75. The van der Waals surface area contributed by atoms with Crippen molar-refractivity contribution < 1.29 is 27.9 Å². The van der Waals surface area contributed by atoms with Crippen molar-refractivity contribution in [3.05, 3.63) is 77.5 Å². The Morgan fingerprint density at radius 1 is 0.968 bits per heavy atom. The molecule has 0 saturated heterocycles. The molecule has 0 unspecified atom stereocenters. The zero-order valence-corrected chi connectivity index (χ0v) is 16.6. The molecule has 0 aliphatic heterocycles. The first-order valence-corrected chi connectivity index (χ1v) is 9.38. The van der Waals surface area contributed by atoms with Gasteiger partial charge in [-0.1, -0.05) is 0 Å². The molecule has 0 spiro atoms. The standard InChI is InChI=1S/C22H19F2N3O4/c1-14-12-20(27(26-14)18-8-6-17(24)7-9-18)25-21(29)13-31-22(30)11-10-19(28)15-2-4-16(23)5-3-15/h2-9,12H,10-11,13H2,1H3,(H,25,29). The van der Waals surface area contributed by atoms with Crippen molar-refractivity contribution in [1.82, 2.24) is 9.78 Å². The Balaban J connectivity index is 1.50. The molecular weight excluding hydrogens is 408 g/mol. The number of aromatic nitrogens is 2. The second-order valence-electron chi connectivity index (χ2n) is 6.70. The highest BCUT2D eigenvalue weighted by Gasteiger charge is 2.14. The fourth-order valence-electron chi connectivity index (χ4n) is 2.76. The summed E-state index contributed by atoms with van der Waals surface area (Å²) in [5, 5.41) is 6.84. The van der Waals surface area contributed by atoms with Gasteiger partial charge < -0.3 is 10.1 Å². The second-order valence-corrected chi connectivity index (χ2v) is 6.70. The molecule has 3 rings (SSSR count). The lowest BCUT2D eigenvalue weighted by Crippen LogP contribution is -2.22. The number of benzene rings is 2. The molecule has 0 atom stereocenters. The van der Waals surface area contributed by atoms with Crippen LogP contribution in [0, 0.1) is 18.6 Å². The zero-order chi connectivity index (χ0) is 22.4. The molecule has 31 heavy (non-hydrogen) atoms. The molecule has 0 aliphatic rings. The SMILES string of the molecule is Cc1cc(NC(=O)COC(=O)CCC(=O)c2ccc(F)cc2)n(-c2ccc(F)cc2)n1. The van der Waals surface area contributed by atoms with Crippen molar-refractivity contribution in [2.45, 2.75) is 19.8 Å². The van der Waals surface area contributed by atoms with Gasteiger partial charge in [0.15, 0.2) is 12.4 Å². The quantitative estimate of drug-likeness (QED) is 0.438. The summed E-state index contributed by atoms with van der Waals surface area (Å²) in [4.78, 5) is 36.0. The number of hydrogen-bond donors (Lipinski definition) is 1. The van der Waals surface area contributed by atoms with Crippen molar-refractivity contribution in [3.63, 3.8) is 0 Å². The number of anilines is 1. The molecule has 1 N–H and O–H groups in total. The van der Waals surface area contributed by atoms with Crippen LogP contribution in [0.3, 0.4) is 0 Å². The average Bonchev–Trinajstić information content (AvgIpc) is 3.11. The molecule has 0 aliphatic carbocycles. The van der Waals surface area contributed by atoms with Gasteiger partial charge in [-0.05, 0) is 55.5 Å². The highest BCUT2D eigenvalue weighted by molar-refractivity contribution is 5.97. The molecule has 1 amide bonds. The molecular formula is C22H19F2N3O4. The van der Waals surface area contributed by atoms with E-state index in [9.17, 15) is 23.2 Å². The normalized spacial score (nSPS) is 10.5. The molecule has 1 heterocycles. The lowest BCUT2D eigenvalue weighted by atomic mass is 10.1. The van der Waals surface area contributed by atoms with Crippen LogP contribution in [0.1, 0.15) is 28.9 Å². The molecule has 3 aromatic rings. The van der Waals surface area contributed by atoms with Crippen LogP contribution in [0.15, 0.2) is 54.6 Å². The summed E-state index contributed by atoms with van der Waals surface area (Å²) < 4.78 is 32.4. The molecule has 0 fully saturated rings. The number of amides is 1. The number of nitrogens with one attached hydrogen (secondary N) is 1. The largest absolute Gasteiger partial charge is 0.456 e. The molecule has 2 aromatic carbocycles. The molecule has 9 heteroatoms. The first-order chi connectivity index (χ1) is 14.8. The zero-order valence-electron chi connectivity index (χ0n) is 16.6. The fraction of sp³-hybridized carbons (Fsp3) is 0.182. The van der Waals surface area contributed by atoms with Gasteiger partial charge in [-0.15, -0.1) is 0 Å². The maximum absolute atomic E-state index is 13.1. The summed E-state index contributed by atoms with van der Waals surface area (Å²) in [7, 11) is 0. The van der Waals surface area contributed by atoms with Crippen LogP contribution in [0.25, 0.3) is 5.69 Å². The summed E-state index contributed by atoms with van der Waals surface area (Å²) in [6.07, 6.45) is -0.335. The van der Waals surface area contributed by atoms with Crippen LogP contribution in [-0.2, 0) is 14.3 Å². The minimum atomic E-state index is -0.714. The van der Waals surface area contributed by atoms with E-state index in [1.165, 1.54) is 41.1 Å². The van der Waals surface area contributed by atoms with E-state index in [1.54, 1.807) is 13.0 Å². The Morgan fingerprint density at radius 2 is 1.58 bits per heavy atom. The predicted octanol–water partition coefficient (Wildman–Crippen LogP) is 3.60. The Bertz CT molecular complexity index is 1090. The maximum Gasteiger partial charge on any atom is 0.306 e. The van der Waals surface area contributed by atoms with Gasteiger partial charge in [0.25, 0.3) is 5.91 Å². The highest BCUT2D eigenvalue weighted by atomic mass is 19.1. The van der Waals surface area contributed by atoms with Crippen LogP contribution in [-0.4, -0.2) is 34.0 Å². The lowest BCUT2D eigenvalue weighted by molar-refractivity contribution is -0.147. The van der Waals surface area contributed by atoms with Crippen LogP contribution in [0.4, 0.5) is 14.6 Å². The number of ether oxygens (including phenoxy) is 1.